The maximum absolute atomic E-state index is 12.0. The van der Waals surface area contributed by atoms with Crippen molar-refractivity contribution in [3.63, 3.8) is 0 Å². The van der Waals surface area contributed by atoms with Gasteiger partial charge in [-0.3, -0.25) is 4.79 Å². The molecule has 0 unspecified atom stereocenters. The highest BCUT2D eigenvalue weighted by molar-refractivity contribution is 7.99. The minimum Gasteiger partial charge on any atom is -0.495 e. The molecule has 1 heterocycles. The lowest BCUT2D eigenvalue weighted by Gasteiger charge is -2.12. The van der Waals surface area contributed by atoms with Gasteiger partial charge in [0.1, 0.15) is 5.75 Å². The van der Waals surface area contributed by atoms with Crippen molar-refractivity contribution in [2.24, 2.45) is 7.05 Å². The highest BCUT2D eigenvalue weighted by atomic mass is 35.5. The van der Waals surface area contributed by atoms with Gasteiger partial charge < -0.3 is 14.6 Å². The number of hydrogen-bond donors (Lipinski definition) is 1. The molecule has 0 spiro atoms. The Kier molecular flexibility index (Phi) is 5.14. The summed E-state index contributed by atoms with van der Waals surface area (Å²) in [6.07, 6.45) is 3.54. The number of carbonyl (C=O) groups excluding carboxylic acids is 1. The van der Waals surface area contributed by atoms with Crippen LogP contribution < -0.4 is 10.1 Å². The highest BCUT2D eigenvalue weighted by Crippen LogP contribution is 2.31. The Balaban J connectivity index is 2.02. The van der Waals surface area contributed by atoms with E-state index in [-0.39, 0.29) is 11.7 Å². The van der Waals surface area contributed by atoms with Crippen LogP contribution in [0.25, 0.3) is 0 Å². The van der Waals surface area contributed by atoms with Crippen LogP contribution in [0.4, 0.5) is 5.69 Å². The summed E-state index contributed by atoms with van der Waals surface area (Å²) in [6, 6.07) is 3.49. The number of imidazole rings is 1. The first kappa shape index (κ1) is 15.7. The van der Waals surface area contributed by atoms with E-state index in [0.717, 1.165) is 10.7 Å². The molecule has 112 valence electrons. The first-order valence-electron chi connectivity index (χ1n) is 6.25. The molecule has 1 aromatic heterocycles. The van der Waals surface area contributed by atoms with Crippen molar-refractivity contribution >= 4 is 35.0 Å². The number of rotatable bonds is 5. The molecule has 0 aliphatic heterocycles. The Labute approximate surface area is 132 Å². The zero-order chi connectivity index (χ0) is 15.4. The highest BCUT2D eigenvalue weighted by Gasteiger charge is 2.11. The molecule has 0 saturated heterocycles. The van der Waals surface area contributed by atoms with Crippen molar-refractivity contribution in [1.29, 1.82) is 0 Å². The molecular formula is C14H16ClN3O2S. The van der Waals surface area contributed by atoms with E-state index in [9.17, 15) is 4.79 Å². The summed E-state index contributed by atoms with van der Waals surface area (Å²) in [7, 11) is 3.43. The van der Waals surface area contributed by atoms with Gasteiger partial charge in [0.05, 0.1) is 18.6 Å². The van der Waals surface area contributed by atoms with Gasteiger partial charge in [0.15, 0.2) is 5.16 Å². The molecule has 0 bridgehead atoms. The predicted octanol–water partition coefficient (Wildman–Crippen LogP) is 3.12. The van der Waals surface area contributed by atoms with E-state index < -0.39 is 0 Å². The standard InChI is InChI=1S/C14H16ClN3O2S/c1-9-6-11(12(20-3)7-10(9)15)17-13(19)8-21-14-16-4-5-18(14)2/h4-7H,8H2,1-3H3,(H,17,19). The number of methoxy groups -OCH3 is 1. The van der Waals surface area contributed by atoms with Gasteiger partial charge in [0.25, 0.3) is 0 Å². The van der Waals surface area contributed by atoms with E-state index in [1.165, 1.54) is 11.8 Å². The summed E-state index contributed by atoms with van der Waals surface area (Å²) >= 11 is 7.41. The average molecular weight is 326 g/mol. The van der Waals surface area contributed by atoms with Crippen LogP contribution >= 0.6 is 23.4 Å². The third-order valence-corrected chi connectivity index (χ3v) is 4.33. The quantitative estimate of drug-likeness (QED) is 0.858. The number of aromatic nitrogens is 2. The molecule has 21 heavy (non-hydrogen) atoms. The van der Waals surface area contributed by atoms with Crippen molar-refractivity contribution in [3.8, 4) is 5.75 Å². The maximum atomic E-state index is 12.0. The lowest BCUT2D eigenvalue weighted by molar-refractivity contribution is -0.113. The number of ether oxygens (including phenoxy) is 1. The van der Waals surface area contributed by atoms with E-state index >= 15 is 0 Å². The Morgan fingerprint density at radius 2 is 2.29 bits per heavy atom. The van der Waals surface area contributed by atoms with Crippen molar-refractivity contribution in [2.75, 3.05) is 18.2 Å². The van der Waals surface area contributed by atoms with Gasteiger partial charge in [-0.05, 0) is 18.6 Å². The SMILES string of the molecule is COc1cc(Cl)c(C)cc1NC(=O)CSc1nccn1C. The number of hydrogen-bond acceptors (Lipinski definition) is 4. The molecule has 0 aliphatic rings. The number of carbonyl (C=O) groups is 1. The lowest BCUT2D eigenvalue weighted by Crippen LogP contribution is -2.15. The predicted molar refractivity (Wildman–Crippen MR) is 85.3 cm³/mol. The monoisotopic (exact) mass is 325 g/mol. The van der Waals surface area contributed by atoms with Crippen molar-refractivity contribution in [1.82, 2.24) is 9.55 Å². The van der Waals surface area contributed by atoms with Gasteiger partial charge in [-0.2, -0.15) is 0 Å². The molecule has 0 radical (unpaired) electrons. The van der Waals surface area contributed by atoms with E-state index in [1.54, 1.807) is 25.4 Å². The number of halogens is 1. The number of thioether (sulfide) groups is 1. The number of nitrogens with one attached hydrogen (secondary N) is 1. The Hall–Kier alpha value is -1.66. The summed E-state index contributed by atoms with van der Waals surface area (Å²) in [6.45, 7) is 1.88. The van der Waals surface area contributed by atoms with Crippen LogP contribution in [0.5, 0.6) is 5.75 Å². The van der Waals surface area contributed by atoms with Gasteiger partial charge in [-0.15, -0.1) is 0 Å². The fourth-order valence-corrected chi connectivity index (χ4v) is 2.62. The summed E-state index contributed by atoms with van der Waals surface area (Å²) in [5.74, 6) is 0.694. The third kappa shape index (κ3) is 3.92. The van der Waals surface area contributed by atoms with Crippen LogP contribution in [0.3, 0.4) is 0 Å². The van der Waals surface area contributed by atoms with Gasteiger partial charge in [0.2, 0.25) is 5.91 Å². The van der Waals surface area contributed by atoms with E-state index in [2.05, 4.69) is 10.3 Å². The minimum absolute atomic E-state index is 0.122. The fraction of sp³-hybridized carbons (Fsp3) is 0.286. The van der Waals surface area contributed by atoms with Gasteiger partial charge in [-0.25, -0.2) is 4.98 Å². The van der Waals surface area contributed by atoms with Crippen LogP contribution in [0.2, 0.25) is 5.02 Å². The van der Waals surface area contributed by atoms with Crippen LogP contribution in [-0.2, 0) is 11.8 Å². The second kappa shape index (κ2) is 6.87. The number of nitrogens with zero attached hydrogens (tertiary/aromatic N) is 2. The molecule has 1 N–H and O–H groups in total. The van der Waals surface area contributed by atoms with E-state index in [4.69, 9.17) is 16.3 Å². The fourth-order valence-electron chi connectivity index (χ4n) is 1.74. The molecule has 2 rings (SSSR count). The summed E-state index contributed by atoms with van der Waals surface area (Å²) in [5, 5.41) is 4.23. The topological polar surface area (TPSA) is 56.1 Å². The molecule has 5 nitrogen and oxygen atoms in total. The van der Waals surface area contributed by atoms with E-state index in [1.807, 2.05) is 24.7 Å². The zero-order valence-corrected chi connectivity index (χ0v) is 13.6. The Morgan fingerprint density at radius 3 is 2.90 bits per heavy atom. The number of aryl methyl sites for hydroxylation is 2. The average Bonchev–Trinajstić information content (AvgIpc) is 2.86. The second-order valence-electron chi connectivity index (χ2n) is 4.46. The lowest BCUT2D eigenvalue weighted by atomic mass is 10.2. The molecule has 2 aromatic rings. The van der Waals surface area contributed by atoms with Crippen LogP contribution in [0.1, 0.15) is 5.56 Å². The van der Waals surface area contributed by atoms with Crippen LogP contribution in [-0.4, -0.2) is 28.3 Å². The summed E-state index contributed by atoms with van der Waals surface area (Å²) in [4.78, 5) is 16.2. The molecule has 0 aliphatic carbocycles. The summed E-state index contributed by atoms with van der Waals surface area (Å²) in [5.41, 5.74) is 1.49. The maximum Gasteiger partial charge on any atom is 0.234 e. The number of benzene rings is 1. The molecule has 7 heteroatoms. The Bertz CT molecular complexity index is 658. The second-order valence-corrected chi connectivity index (χ2v) is 5.81. The van der Waals surface area contributed by atoms with Gasteiger partial charge >= 0.3 is 0 Å². The molecule has 0 saturated carbocycles. The molecular weight excluding hydrogens is 310 g/mol. The van der Waals surface area contributed by atoms with Gasteiger partial charge in [0, 0.05) is 30.5 Å². The first-order chi connectivity index (χ1) is 10.0. The molecule has 0 fully saturated rings. The molecule has 0 atom stereocenters. The summed E-state index contributed by atoms with van der Waals surface area (Å²) < 4.78 is 7.10. The molecule has 1 amide bonds. The third-order valence-electron chi connectivity index (χ3n) is 2.86. The van der Waals surface area contributed by atoms with Crippen molar-refractivity contribution in [3.05, 3.63) is 35.1 Å². The minimum atomic E-state index is -0.122. The first-order valence-corrected chi connectivity index (χ1v) is 7.61. The van der Waals surface area contributed by atoms with Crippen LogP contribution in [0, 0.1) is 6.92 Å². The smallest absolute Gasteiger partial charge is 0.234 e. The normalized spacial score (nSPS) is 10.5. The van der Waals surface area contributed by atoms with E-state index in [0.29, 0.717) is 16.5 Å². The van der Waals surface area contributed by atoms with Crippen molar-refractivity contribution in [2.45, 2.75) is 12.1 Å². The Morgan fingerprint density at radius 1 is 1.52 bits per heavy atom. The van der Waals surface area contributed by atoms with Crippen molar-refractivity contribution < 1.29 is 9.53 Å². The number of anilines is 1. The van der Waals surface area contributed by atoms with Gasteiger partial charge in [-0.1, -0.05) is 23.4 Å². The van der Waals surface area contributed by atoms with Crippen LogP contribution in [0.15, 0.2) is 29.7 Å². The molecule has 1 aromatic carbocycles. The largest absolute Gasteiger partial charge is 0.495 e. The zero-order valence-electron chi connectivity index (χ0n) is 12.0. The number of amides is 1.